The van der Waals surface area contributed by atoms with Gasteiger partial charge in [0, 0.05) is 12.1 Å². The summed E-state index contributed by atoms with van der Waals surface area (Å²) in [5.41, 5.74) is 2.51. The monoisotopic (exact) mass is 281 g/mol. The molecule has 0 saturated carbocycles. The van der Waals surface area contributed by atoms with E-state index >= 15 is 0 Å². The van der Waals surface area contributed by atoms with Gasteiger partial charge in [-0.1, -0.05) is 37.9 Å². The van der Waals surface area contributed by atoms with E-state index in [0.29, 0.717) is 5.92 Å². The molecule has 19 heavy (non-hydrogen) atoms. The number of ether oxygens (including phenoxy) is 1. The van der Waals surface area contributed by atoms with E-state index in [-0.39, 0.29) is 0 Å². The van der Waals surface area contributed by atoms with Crippen LogP contribution in [0, 0.1) is 0 Å². The van der Waals surface area contributed by atoms with Crippen molar-refractivity contribution in [3.05, 3.63) is 28.3 Å². The average molecular weight is 282 g/mol. The number of hydrogen-bond acceptors (Lipinski definition) is 2. The molecule has 1 heterocycles. The van der Waals surface area contributed by atoms with E-state index in [0.717, 1.165) is 17.3 Å². The van der Waals surface area contributed by atoms with Gasteiger partial charge in [-0.25, -0.2) is 0 Å². The highest BCUT2D eigenvalue weighted by Gasteiger charge is 2.16. The number of rotatable bonds is 4. The van der Waals surface area contributed by atoms with Crippen LogP contribution in [-0.2, 0) is 6.54 Å². The molecular weight excluding hydrogens is 258 g/mol. The Bertz CT molecular complexity index is 425. The first kappa shape index (κ1) is 14.7. The van der Waals surface area contributed by atoms with E-state index in [2.05, 4.69) is 24.8 Å². The average Bonchev–Trinajstić information content (AvgIpc) is 2.39. The lowest BCUT2D eigenvalue weighted by Crippen LogP contribution is -2.29. The molecule has 0 unspecified atom stereocenters. The Morgan fingerprint density at radius 3 is 2.47 bits per heavy atom. The minimum atomic E-state index is 0.489. The molecule has 0 N–H and O–H groups in total. The van der Waals surface area contributed by atoms with Gasteiger partial charge in [-0.3, -0.25) is 4.90 Å². The SMILES string of the molecule is COc1c(Cl)cc(C(C)C)cc1CN1CCCCC1. The van der Waals surface area contributed by atoms with Gasteiger partial charge in [-0.05, 0) is 43.5 Å². The molecule has 0 atom stereocenters. The molecule has 0 aliphatic carbocycles. The van der Waals surface area contributed by atoms with Crippen LogP contribution in [0.3, 0.4) is 0 Å². The Kier molecular flexibility index (Phi) is 5.12. The molecule has 3 heteroatoms. The molecular formula is C16H24ClNO. The fourth-order valence-corrected chi connectivity index (χ4v) is 3.04. The van der Waals surface area contributed by atoms with Crippen molar-refractivity contribution in [1.82, 2.24) is 4.90 Å². The number of hydrogen-bond donors (Lipinski definition) is 0. The predicted octanol–water partition coefficient (Wildman–Crippen LogP) is 4.46. The van der Waals surface area contributed by atoms with E-state index in [9.17, 15) is 0 Å². The minimum Gasteiger partial charge on any atom is -0.495 e. The molecule has 2 nitrogen and oxygen atoms in total. The van der Waals surface area contributed by atoms with Crippen molar-refractivity contribution >= 4 is 11.6 Å². The van der Waals surface area contributed by atoms with Crippen LogP contribution >= 0.6 is 11.6 Å². The molecule has 1 aliphatic rings. The van der Waals surface area contributed by atoms with Crippen molar-refractivity contribution in [3.63, 3.8) is 0 Å². The zero-order valence-corrected chi connectivity index (χ0v) is 13.0. The maximum absolute atomic E-state index is 6.35. The fourth-order valence-electron chi connectivity index (χ4n) is 2.71. The smallest absolute Gasteiger partial charge is 0.141 e. The number of nitrogens with zero attached hydrogens (tertiary/aromatic N) is 1. The lowest BCUT2D eigenvalue weighted by atomic mass is 9.99. The third-order valence-electron chi connectivity index (χ3n) is 3.86. The highest BCUT2D eigenvalue weighted by atomic mass is 35.5. The molecule has 1 saturated heterocycles. The Hall–Kier alpha value is -0.730. The second kappa shape index (κ2) is 6.62. The summed E-state index contributed by atoms with van der Waals surface area (Å²) in [4.78, 5) is 2.50. The molecule has 0 spiro atoms. The first-order valence-electron chi connectivity index (χ1n) is 7.20. The van der Waals surface area contributed by atoms with Crippen LogP contribution < -0.4 is 4.74 Å². The van der Waals surface area contributed by atoms with Crippen LogP contribution in [0.25, 0.3) is 0 Å². The molecule has 0 amide bonds. The van der Waals surface area contributed by atoms with Crippen molar-refractivity contribution in [3.8, 4) is 5.75 Å². The highest BCUT2D eigenvalue weighted by Crippen LogP contribution is 2.33. The number of likely N-dealkylation sites (tertiary alicyclic amines) is 1. The van der Waals surface area contributed by atoms with E-state index in [1.54, 1.807) is 7.11 Å². The summed E-state index contributed by atoms with van der Waals surface area (Å²) < 4.78 is 5.49. The zero-order chi connectivity index (χ0) is 13.8. The predicted molar refractivity (Wildman–Crippen MR) is 81.2 cm³/mol. The van der Waals surface area contributed by atoms with Crippen LogP contribution in [0.15, 0.2) is 12.1 Å². The Morgan fingerprint density at radius 2 is 1.89 bits per heavy atom. The van der Waals surface area contributed by atoms with Crippen molar-refractivity contribution in [2.24, 2.45) is 0 Å². The van der Waals surface area contributed by atoms with Gasteiger partial charge in [0.1, 0.15) is 5.75 Å². The van der Waals surface area contributed by atoms with Gasteiger partial charge in [0.25, 0.3) is 0 Å². The minimum absolute atomic E-state index is 0.489. The van der Waals surface area contributed by atoms with E-state index in [1.807, 2.05) is 6.07 Å². The van der Waals surface area contributed by atoms with Crippen LogP contribution in [0.5, 0.6) is 5.75 Å². The molecule has 106 valence electrons. The summed E-state index contributed by atoms with van der Waals surface area (Å²) in [6, 6.07) is 4.29. The molecule has 1 fully saturated rings. The van der Waals surface area contributed by atoms with Gasteiger partial charge in [0.2, 0.25) is 0 Å². The standard InChI is InChI=1S/C16H24ClNO/c1-12(2)13-9-14(16(19-3)15(17)10-13)11-18-7-5-4-6-8-18/h9-10,12H,4-8,11H2,1-3H3. The first-order valence-corrected chi connectivity index (χ1v) is 7.58. The molecule has 1 aromatic rings. The summed E-state index contributed by atoms with van der Waals surface area (Å²) >= 11 is 6.35. The van der Waals surface area contributed by atoms with E-state index in [4.69, 9.17) is 16.3 Å². The third kappa shape index (κ3) is 3.64. The maximum atomic E-state index is 6.35. The molecule has 2 rings (SSSR count). The van der Waals surface area contributed by atoms with Gasteiger partial charge < -0.3 is 4.74 Å². The van der Waals surface area contributed by atoms with Crippen LogP contribution in [-0.4, -0.2) is 25.1 Å². The van der Waals surface area contributed by atoms with E-state index < -0.39 is 0 Å². The van der Waals surface area contributed by atoms with Gasteiger partial charge in [0.15, 0.2) is 0 Å². The normalized spacial score (nSPS) is 16.9. The number of piperidine rings is 1. The summed E-state index contributed by atoms with van der Waals surface area (Å²) in [5.74, 6) is 1.33. The second-order valence-corrected chi connectivity index (χ2v) is 6.09. The zero-order valence-electron chi connectivity index (χ0n) is 12.2. The van der Waals surface area contributed by atoms with Crippen LogP contribution in [0.1, 0.15) is 50.2 Å². The second-order valence-electron chi connectivity index (χ2n) is 5.69. The summed E-state index contributed by atoms with van der Waals surface area (Å²) in [6.45, 7) is 7.72. The molecule has 1 aromatic carbocycles. The largest absolute Gasteiger partial charge is 0.495 e. The molecule has 0 bridgehead atoms. The highest BCUT2D eigenvalue weighted by molar-refractivity contribution is 6.32. The Labute approximate surface area is 121 Å². The van der Waals surface area contributed by atoms with E-state index in [1.165, 1.54) is 43.5 Å². The summed E-state index contributed by atoms with van der Waals surface area (Å²) in [6.07, 6.45) is 3.97. The molecule has 0 radical (unpaired) electrons. The lowest BCUT2D eigenvalue weighted by Gasteiger charge is -2.27. The number of benzene rings is 1. The lowest BCUT2D eigenvalue weighted by molar-refractivity contribution is 0.218. The quantitative estimate of drug-likeness (QED) is 0.808. The van der Waals surface area contributed by atoms with Gasteiger partial charge in [0.05, 0.1) is 12.1 Å². The molecule has 0 aromatic heterocycles. The summed E-state index contributed by atoms with van der Waals surface area (Å²) in [5, 5.41) is 0.737. The molecule has 1 aliphatic heterocycles. The van der Waals surface area contributed by atoms with Crippen molar-refractivity contribution in [2.45, 2.75) is 45.6 Å². The van der Waals surface area contributed by atoms with Crippen molar-refractivity contribution in [2.75, 3.05) is 20.2 Å². The third-order valence-corrected chi connectivity index (χ3v) is 4.14. The van der Waals surface area contributed by atoms with Crippen molar-refractivity contribution < 1.29 is 4.74 Å². The van der Waals surface area contributed by atoms with Crippen LogP contribution in [0.2, 0.25) is 5.02 Å². The van der Waals surface area contributed by atoms with Gasteiger partial charge in [-0.15, -0.1) is 0 Å². The van der Waals surface area contributed by atoms with Gasteiger partial charge >= 0.3 is 0 Å². The number of methoxy groups -OCH3 is 1. The number of halogens is 1. The van der Waals surface area contributed by atoms with Crippen LogP contribution in [0.4, 0.5) is 0 Å². The Balaban J connectivity index is 2.25. The van der Waals surface area contributed by atoms with Crippen molar-refractivity contribution in [1.29, 1.82) is 0 Å². The first-order chi connectivity index (χ1) is 9.11. The van der Waals surface area contributed by atoms with Gasteiger partial charge in [-0.2, -0.15) is 0 Å². The topological polar surface area (TPSA) is 12.5 Å². The fraction of sp³-hybridized carbons (Fsp3) is 0.625. The summed E-state index contributed by atoms with van der Waals surface area (Å²) in [7, 11) is 1.70. The Morgan fingerprint density at radius 1 is 1.21 bits per heavy atom. The maximum Gasteiger partial charge on any atom is 0.141 e.